The van der Waals surface area contributed by atoms with Gasteiger partial charge in [-0.05, 0) is 45.2 Å². The van der Waals surface area contributed by atoms with E-state index in [9.17, 15) is 8.42 Å². The molecule has 0 radical (unpaired) electrons. The Morgan fingerprint density at radius 1 is 1.15 bits per heavy atom. The molecule has 0 amide bonds. The molecule has 1 aromatic rings. The van der Waals surface area contributed by atoms with Crippen LogP contribution in [-0.2, 0) is 19.0 Å². The molecule has 0 aliphatic heterocycles. The largest absolute Gasteiger partial charge is 0.378 e. The predicted octanol–water partition coefficient (Wildman–Crippen LogP) is 3.05. The van der Waals surface area contributed by atoms with E-state index >= 15 is 0 Å². The van der Waals surface area contributed by atoms with Gasteiger partial charge >= 0.3 is 0 Å². The van der Waals surface area contributed by atoms with Crippen LogP contribution < -0.4 is 0 Å². The summed E-state index contributed by atoms with van der Waals surface area (Å²) in [4.78, 5) is 0.224. The average molecular weight is 298 g/mol. The number of hydrogen-bond donors (Lipinski definition) is 0. The Morgan fingerprint density at radius 2 is 1.80 bits per heavy atom. The Bertz CT molecular complexity index is 519. The molecule has 0 aromatic heterocycles. The van der Waals surface area contributed by atoms with E-state index < -0.39 is 10.1 Å². The Morgan fingerprint density at radius 3 is 2.45 bits per heavy atom. The lowest BCUT2D eigenvalue weighted by molar-refractivity contribution is 0.000146. The zero-order chi connectivity index (χ0) is 14.6. The lowest BCUT2D eigenvalue weighted by atomic mass is 9.95. The summed E-state index contributed by atoms with van der Waals surface area (Å²) in [5.74, 6) is 0. The molecule has 0 heterocycles. The van der Waals surface area contributed by atoms with Crippen molar-refractivity contribution in [2.45, 2.75) is 56.6 Å². The van der Waals surface area contributed by atoms with Gasteiger partial charge in [0.25, 0.3) is 10.1 Å². The second-order valence-corrected chi connectivity index (χ2v) is 6.80. The third kappa shape index (κ3) is 4.04. The van der Waals surface area contributed by atoms with Crippen molar-refractivity contribution in [1.29, 1.82) is 0 Å². The molecule has 5 heteroatoms. The molecular formula is C15H22O4S. The molecule has 1 fully saturated rings. The van der Waals surface area contributed by atoms with Gasteiger partial charge in [-0.3, -0.25) is 4.18 Å². The van der Waals surface area contributed by atoms with Gasteiger partial charge < -0.3 is 4.74 Å². The highest BCUT2D eigenvalue weighted by Gasteiger charge is 2.28. The molecule has 0 bridgehead atoms. The molecule has 2 rings (SSSR count). The topological polar surface area (TPSA) is 52.6 Å². The molecule has 1 aromatic carbocycles. The predicted molar refractivity (Wildman–Crippen MR) is 77.1 cm³/mol. The van der Waals surface area contributed by atoms with Crippen molar-refractivity contribution in [3.05, 3.63) is 29.8 Å². The minimum Gasteiger partial charge on any atom is -0.378 e. The van der Waals surface area contributed by atoms with E-state index in [1.54, 1.807) is 24.3 Å². The third-order valence-electron chi connectivity index (χ3n) is 3.55. The number of rotatable bonds is 5. The van der Waals surface area contributed by atoms with E-state index in [4.69, 9.17) is 8.92 Å². The van der Waals surface area contributed by atoms with Gasteiger partial charge in [0.15, 0.2) is 0 Å². The second kappa shape index (κ2) is 6.70. The van der Waals surface area contributed by atoms with Gasteiger partial charge in [0, 0.05) is 13.0 Å². The molecule has 0 N–H and O–H groups in total. The summed E-state index contributed by atoms with van der Waals surface area (Å²) in [6.07, 6.45) is 3.20. The smallest absolute Gasteiger partial charge is 0.297 e. The SMILES string of the molecule is CCOC1CCCC(OS(=O)(=O)c2ccc(C)cc2)C1. The van der Waals surface area contributed by atoms with Gasteiger partial charge in [-0.15, -0.1) is 0 Å². The first-order valence-electron chi connectivity index (χ1n) is 7.13. The summed E-state index contributed by atoms with van der Waals surface area (Å²) < 4.78 is 35.4. The summed E-state index contributed by atoms with van der Waals surface area (Å²) >= 11 is 0. The van der Waals surface area contributed by atoms with Crippen molar-refractivity contribution in [3.8, 4) is 0 Å². The maximum atomic E-state index is 12.2. The summed E-state index contributed by atoms with van der Waals surface area (Å²) in [6, 6.07) is 6.74. The van der Waals surface area contributed by atoms with Gasteiger partial charge in [0.05, 0.1) is 17.1 Å². The van der Waals surface area contributed by atoms with Crippen molar-refractivity contribution in [2.75, 3.05) is 6.61 Å². The molecule has 2 unspecified atom stereocenters. The van der Waals surface area contributed by atoms with Gasteiger partial charge in [0.2, 0.25) is 0 Å². The number of hydrogen-bond acceptors (Lipinski definition) is 4. The summed E-state index contributed by atoms with van der Waals surface area (Å²) in [5.41, 5.74) is 1.03. The first-order valence-corrected chi connectivity index (χ1v) is 8.53. The minimum absolute atomic E-state index is 0.118. The molecule has 1 aliphatic carbocycles. The van der Waals surface area contributed by atoms with E-state index in [-0.39, 0.29) is 17.1 Å². The highest BCUT2D eigenvalue weighted by Crippen LogP contribution is 2.26. The van der Waals surface area contributed by atoms with E-state index in [0.717, 1.165) is 24.8 Å². The van der Waals surface area contributed by atoms with Crippen molar-refractivity contribution in [2.24, 2.45) is 0 Å². The summed E-state index contributed by atoms with van der Waals surface area (Å²) in [6.45, 7) is 4.53. The molecule has 1 aliphatic rings. The summed E-state index contributed by atoms with van der Waals surface area (Å²) in [5, 5.41) is 0. The van der Waals surface area contributed by atoms with Crippen LogP contribution in [0.5, 0.6) is 0 Å². The van der Waals surface area contributed by atoms with Gasteiger partial charge in [-0.25, -0.2) is 0 Å². The van der Waals surface area contributed by atoms with E-state index in [2.05, 4.69) is 0 Å². The van der Waals surface area contributed by atoms with E-state index in [1.165, 1.54) is 0 Å². The van der Waals surface area contributed by atoms with Gasteiger partial charge in [-0.1, -0.05) is 17.7 Å². The van der Waals surface area contributed by atoms with E-state index in [1.807, 2.05) is 13.8 Å². The van der Waals surface area contributed by atoms with Crippen LogP contribution in [0.15, 0.2) is 29.2 Å². The lowest BCUT2D eigenvalue weighted by Crippen LogP contribution is -2.30. The summed E-state index contributed by atoms with van der Waals surface area (Å²) in [7, 11) is -3.67. The highest BCUT2D eigenvalue weighted by molar-refractivity contribution is 7.86. The fourth-order valence-electron chi connectivity index (χ4n) is 2.52. The first-order chi connectivity index (χ1) is 9.51. The number of benzene rings is 1. The maximum absolute atomic E-state index is 12.2. The zero-order valence-electron chi connectivity index (χ0n) is 12.0. The minimum atomic E-state index is -3.67. The van der Waals surface area contributed by atoms with Crippen molar-refractivity contribution in [1.82, 2.24) is 0 Å². The Kier molecular flexibility index (Phi) is 5.18. The molecule has 1 saturated carbocycles. The van der Waals surface area contributed by atoms with Crippen LogP contribution in [0.2, 0.25) is 0 Å². The third-order valence-corrected chi connectivity index (χ3v) is 4.93. The fraction of sp³-hybridized carbons (Fsp3) is 0.600. The Hall–Kier alpha value is -0.910. The molecule has 112 valence electrons. The van der Waals surface area contributed by atoms with Crippen LogP contribution in [-0.4, -0.2) is 27.2 Å². The Labute approximate surface area is 121 Å². The van der Waals surface area contributed by atoms with Gasteiger partial charge in [-0.2, -0.15) is 8.42 Å². The lowest BCUT2D eigenvalue weighted by Gasteiger charge is -2.28. The van der Waals surface area contributed by atoms with Crippen LogP contribution in [0, 0.1) is 6.92 Å². The van der Waals surface area contributed by atoms with Crippen molar-refractivity contribution < 1.29 is 17.3 Å². The standard InChI is InChI=1S/C15H22O4S/c1-3-18-13-5-4-6-14(11-13)19-20(16,17)15-9-7-12(2)8-10-15/h7-10,13-14H,3-6,11H2,1-2H3. The molecule has 20 heavy (non-hydrogen) atoms. The van der Waals surface area contributed by atoms with Crippen LogP contribution in [0.1, 0.15) is 38.2 Å². The Balaban J connectivity index is 2.02. The second-order valence-electron chi connectivity index (χ2n) is 5.23. The quantitative estimate of drug-likeness (QED) is 0.784. The van der Waals surface area contributed by atoms with Crippen LogP contribution >= 0.6 is 0 Å². The maximum Gasteiger partial charge on any atom is 0.297 e. The molecule has 0 spiro atoms. The van der Waals surface area contributed by atoms with Gasteiger partial charge in [0.1, 0.15) is 0 Å². The monoisotopic (exact) mass is 298 g/mol. The first kappa shape index (κ1) is 15.5. The molecule has 0 saturated heterocycles. The molecule has 2 atom stereocenters. The fourth-order valence-corrected chi connectivity index (χ4v) is 3.63. The normalized spacial score (nSPS) is 23.7. The molecule has 4 nitrogen and oxygen atoms in total. The van der Waals surface area contributed by atoms with E-state index in [0.29, 0.717) is 13.0 Å². The van der Waals surface area contributed by atoms with Crippen LogP contribution in [0.3, 0.4) is 0 Å². The highest BCUT2D eigenvalue weighted by atomic mass is 32.2. The van der Waals surface area contributed by atoms with Crippen LogP contribution in [0.4, 0.5) is 0 Å². The van der Waals surface area contributed by atoms with Crippen molar-refractivity contribution >= 4 is 10.1 Å². The number of aryl methyl sites for hydroxylation is 1. The van der Waals surface area contributed by atoms with Crippen LogP contribution in [0.25, 0.3) is 0 Å². The van der Waals surface area contributed by atoms with Crippen molar-refractivity contribution in [3.63, 3.8) is 0 Å². The average Bonchev–Trinajstić information content (AvgIpc) is 2.39. The number of ether oxygens (including phenoxy) is 1. The zero-order valence-corrected chi connectivity index (χ0v) is 12.9. The molecular weight excluding hydrogens is 276 g/mol.